The fraction of sp³-hybridized carbons (Fsp3) is 0.250. The number of aromatic nitrogens is 8. The molecule has 1 aliphatic heterocycles. The van der Waals surface area contributed by atoms with Crippen LogP contribution in [0.25, 0.3) is 10.9 Å². The highest BCUT2D eigenvalue weighted by Gasteiger charge is 2.21. The van der Waals surface area contributed by atoms with Gasteiger partial charge in [-0.3, -0.25) is 9.25 Å². The van der Waals surface area contributed by atoms with E-state index in [1.54, 1.807) is 34.7 Å². The molecule has 0 amide bonds. The van der Waals surface area contributed by atoms with Crippen molar-refractivity contribution in [2.45, 2.75) is 32.5 Å². The molecule has 39 heavy (non-hydrogen) atoms. The normalized spacial score (nSPS) is 12.8. The topological polar surface area (TPSA) is 117 Å². The minimum Gasteiger partial charge on any atom is -0.324 e. The van der Waals surface area contributed by atoms with E-state index in [2.05, 4.69) is 25.5 Å². The average Bonchev–Trinajstić information content (AvgIpc) is 3.56. The molecule has 5 aromatic rings. The molecule has 15 heteroatoms. The Morgan fingerprint density at radius 2 is 1.77 bits per heavy atom. The quantitative estimate of drug-likeness (QED) is 0.319. The van der Waals surface area contributed by atoms with Gasteiger partial charge in [-0.2, -0.15) is 15.2 Å². The molecule has 2 aromatic carbocycles. The summed E-state index contributed by atoms with van der Waals surface area (Å²) in [5.74, 6) is -3.05. The van der Waals surface area contributed by atoms with Gasteiger partial charge >= 0.3 is 11.4 Å². The molecule has 0 bridgehead atoms. The molecule has 0 aliphatic carbocycles. The van der Waals surface area contributed by atoms with Crippen molar-refractivity contribution in [3.63, 3.8) is 0 Å². The highest BCUT2D eigenvalue weighted by atomic mass is 35.5. The summed E-state index contributed by atoms with van der Waals surface area (Å²) >= 11 is 6.41. The van der Waals surface area contributed by atoms with Crippen LogP contribution in [-0.2, 0) is 33.1 Å². The lowest BCUT2D eigenvalue weighted by molar-refractivity contribution is 0.485. The SMILES string of the molecule is Cn1cc2cc(Nc3nc(=O)n(Cc4nc5n(n4)CCC5)c(=O)n3Cc3cc(F)c(F)cc3F)c(Cl)cc2n1. The zero-order valence-corrected chi connectivity index (χ0v) is 21.1. The molecule has 1 aliphatic rings. The first kappa shape index (κ1) is 24.9. The minimum absolute atomic E-state index is 0.210. The lowest BCUT2D eigenvalue weighted by Crippen LogP contribution is -2.43. The van der Waals surface area contributed by atoms with Crippen molar-refractivity contribution in [2.75, 3.05) is 5.32 Å². The Hall–Kier alpha value is -4.46. The van der Waals surface area contributed by atoms with Crippen molar-refractivity contribution in [3.05, 3.63) is 91.1 Å². The second-order valence-corrected chi connectivity index (χ2v) is 9.53. The van der Waals surface area contributed by atoms with E-state index in [-0.39, 0.29) is 34.6 Å². The number of benzene rings is 2. The second kappa shape index (κ2) is 9.38. The fourth-order valence-corrected chi connectivity index (χ4v) is 4.73. The van der Waals surface area contributed by atoms with Gasteiger partial charge in [0.2, 0.25) is 5.95 Å². The molecular formula is C24H19ClF3N9O2. The zero-order valence-electron chi connectivity index (χ0n) is 20.3. The molecule has 11 nitrogen and oxygen atoms in total. The molecule has 200 valence electrons. The highest BCUT2D eigenvalue weighted by molar-refractivity contribution is 6.34. The molecule has 0 saturated heterocycles. The maximum Gasteiger partial charge on any atom is 0.355 e. The van der Waals surface area contributed by atoms with Gasteiger partial charge in [0.1, 0.15) is 11.6 Å². The molecular weight excluding hydrogens is 539 g/mol. The predicted molar refractivity (Wildman–Crippen MR) is 135 cm³/mol. The Balaban J connectivity index is 1.46. The fourth-order valence-electron chi connectivity index (χ4n) is 4.53. The lowest BCUT2D eigenvalue weighted by Gasteiger charge is -2.16. The van der Waals surface area contributed by atoms with Gasteiger partial charge in [-0.05, 0) is 24.6 Å². The smallest absolute Gasteiger partial charge is 0.324 e. The summed E-state index contributed by atoms with van der Waals surface area (Å²) in [5, 5.41) is 12.4. The van der Waals surface area contributed by atoms with Gasteiger partial charge in [0.25, 0.3) is 0 Å². The van der Waals surface area contributed by atoms with E-state index in [4.69, 9.17) is 11.6 Å². The molecule has 0 radical (unpaired) electrons. The van der Waals surface area contributed by atoms with Crippen LogP contribution in [0.2, 0.25) is 5.02 Å². The van der Waals surface area contributed by atoms with Crippen LogP contribution in [-0.4, -0.2) is 38.7 Å². The summed E-state index contributed by atoms with van der Waals surface area (Å²) in [6.07, 6.45) is 3.36. The second-order valence-electron chi connectivity index (χ2n) is 9.12. The summed E-state index contributed by atoms with van der Waals surface area (Å²) in [7, 11) is 1.74. The Bertz CT molecular complexity index is 1870. The van der Waals surface area contributed by atoms with Crippen molar-refractivity contribution >= 4 is 34.1 Å². The summed E-state index contributed by atoms with van der Waals surface area (Å²) in [6, 6.07) is 4.26. The van der Waals surface area contributed by atoms with E-state index < -0.39 is 35.4 Å². The number of aryl methyl sites for hydroxylation is 3. The molecule has 3 aromatic heterocycles. The number of nitrogens with one attached hydrogen (secondary N) is 1. The van der Waals surface area contributed by atoms with Crippen LogP contribution in [0.5, 0.6) is 0 Å². The molecule has 0 atom stereocenters. The monoisotopic (exact) mass is 557 g/mol. The molecule has 0 spiro atoms. The first-order valence-corrected chi connectivity index (χ1v) is 12.2. The zero-order chi connectivity index (χ0) is 27.4. The Kier molecular flexibility index (Phi) is 5.98. The van der Waals surface area contributed by atoms with E-state index in [1.807, 2.05) is 0 Å². The number of hydrogen-bond donors (Lipinski definition) is 1. The van der Waals surface area contributed by atoms with Crippen molar-refractivity contribution < 1.29 is 13.2 Å². The van der Waals surface area contributed by atoms with Crippen LogP contribution < -0.4 is 16.7 Å². The predicted octanol–water partition coefficient (Wildman–Crippen LogP) is 2.74. The third-order valence-corrected chi connectivity index (χ3v) is 6.70. The van der Waals surface area contributed by atoms with E-state index in [0.717, 1.165) is 27.8 Å². The maximum absolute atomic E-state index is 14.6. The summed E-state index contributed by atoms with van der Waals surface area (Å²) in [4.78, 5) is 35.0. The van der Waals surface area contributed by atoms with Gasteiger partial charge in [-0.1, -0.05) is 11.6 Å². The minimum atomic E-state index is -1.37. The molecule has 4 heterocycles. The number of fused-ring (bicyclic) bond motifs is 2. The average molecular weight is 558 g/mol. The van der Waals surface area contributed by atoms with E-state index in [9.17, 15) is 22.8 Å². The van der Waals surface area contributed by atoms with E-state index in [1.165, 1.54) is 0 Å². The number of nitrogens with zero attached hydrogens (tertiary/aromatic N) is 8. The molecule has 1 N–H and O–H groups in total. The van der Waals surface area contributed by atoms with Gasteiger partial charge < -0.3 is 5.32 Å². The van der Waals surface area contributed by atoms with Crippen LogP contribution >= 0.6 is 11.6 Å². The van der Waals surface area contributed by atoms with Crippen LogP contribution in [0.3, 0.4) is 0 Å². The molecule has 6 rings (SSSR count). The highest BCUT2D eigenvalue weighted by Crippen LogP contribution is 2.29. The number of halogens is 4. The van der Waals surface area contributed by atoms with Crippen LogP contribution in [0, 0.1) is 17.5 Å². The molecule has 0 unspecified atom stereocenters. The Morgan fingerprint density at radius 1 is 0.974 bits per heavy atom. The number of anilines is 2. The first-order chi connectivity index (χ1) is 18.7. The Morgan fingerprint density at radius 3 is 2.56 bits per heavy atom. The van der Waals surface area contributed by atoms with Gasteiger partial charge in [0.05, 0.1) is 29.3 Å². The van der Waals surface area contributed by atoms with Crippen molar-refractivity contribution in [3.8, 4) is 0 Å². The van der Waals surface area contributed by atoms with Crippen LogP contribution in [0.4, 0.5) is 24.8 Å². The Labute approximate surface area is 222 Å². The molecule has 0 saturated carbocycles. The van der Waals surface area contributed by atoms with Gasteiger partial charge in [0.15, 0.2) is 17.5 Å². The molecule has 0 fully saturated rings. The van der Waals surface area contributed by atoms with Crippen molar-refractivity contribution in [2.24, 2.45) is 7.05 Å². The lowest BCUT2D eigenvalue weighted by atomic mass is 10.2. The third kappa shape index (κ3) is 4.56. The van der Waals surface area contributed by atoms with Gasteiger partial charge in [-0.15, -0.1) is 0 Å². The summed E-state index contributed by atoms with van der Waals surface area (Å²) in [6.45, 7) is -0.176. The van der Waals surface area contributed by atoms with Crippen molar-refractivity contribution in [1.29, 1.82) is 0 Å². The van der Waals surface area contributed by atoms with E-state index in [0.29, 0.717) is 29.6 Å². The third-order valence-electron chi connectivity index (χ3n) is 6.38. The van der Waals surface area contributed by atoms with Crippen molar-refractivity contribution in [1.82, 2.24) is 38.7 Å². The largest absolute Gasteiger partial charge is 0.355 e. The standard InChI is InChI=1S/C24H19ClF3N9O2/c1-34-9-13-6-19(14(25)7-18(13)32-34)29-22-31-23(38)36(11-20-30-21-3-2-4-37(21)33-20)24(39)35(22)10-12-5-16(27)17(28)8-15(12)26/h5-9H,2-4,10-11H2,1H3,(H,29,31,38). The van der Waals surface area contributed by atoms with Gasteiger partial charge in [-0.25, -0.2) is 37.0 Å². The maximum atomic E-state index is 14.6. The van der Waals surface area contributed by atoms with Crippen LogP contribution in [0.15, 0.2) is 40.1 Å². The van der Waals surface area contributed by atoms with Crippen LogP contribution in [0.1, 0.15) is 23.6 Å². The van der Waals surface area contributed by atoms with E-state index >= 15 is 0 Å². The first-order valence-electron chi connectivity index (χ1n) is 11.8. The number of rotatable bonds is 6. The van der Waals surface area contributed by atoms with Gasteiger partial charge in [0, 0.05) is 43.2 Å². The summed E-state index contributed by atoms with van der Waals surface area (Å²) < 4.78 is 47.1. The summed E-state index contributed by atoms with van der Waals surface area (Å²) in [5.41, 5.74) is -1.25. The number of hydrogen-bond acceptors (Lipinski definition) is 7.